The van der Waals surface area contributed by atoms with Crippen LogP contribution in [-0.4, -0.2) is 56.9 Å². The lowest BCUT2D eigenvalue weighted by Crippen LogP contribution is -2.32. The van der Waals surface area contributed by atoms with E-state index in [-0.39, 0.29) is 16.2 Å². The molecule has 0 saturated carbocycles. The number of sulfonamides is 1. The Morgan fingerprint density at radius 1 is 1.19 bits per heavy atom. The predicted octanol–water partition coefficient (Wildman–Crippen LogP) is 3.35. The fourth-order valence-electron chi connectivity index (χ4n) is 2.66. The Morgan fingerprint density at radius 2 is 1.84 bits per heavy atom. The summed E-state index contributed by atoms with van der Waals surface area (Å²) in [4.78, 5) is 23.1. The molecule has 31 heavy (non-hydrogen) atoms. The normalized spacial score (nSPS) is 11.6. The highest BCUT2D eigenvalue weighted by molar-refractivity contribution is 7.89. The van der Waals surface area contributed by atoms with E-state index in [0.717, 1.165) is 4.31 Å². The number of nitrogens with zero attached hydrogens (tertiary/aromatic N) is 1. The number of rotatable bonds is 10. The average Bonchev–Trinajstić information content (AvgIpc) is 2.71. The van der Waals surface area contributed by atoms with Crippen molar-refractivity contribution in [2.45, 2.75) is 11.8 Å². The molecular formula is C21H22ClNO7S. The van der Waals surface area contributed by atoms with Gasteiger partial charge in [0.2, 0.25) is 10.0 Å². The Hall–Kier alpha value is -2.88. The quantitative estimate of drug-likeness (QED) is 0.421. The van der Waals surface area contributed by atoms with Crippen molar-refractivity contribution in [1.82, 2.24) is 4.31 Å². The second kappa shape index (κ2) is 10.4. The number of carbonyl (C=O) groups is 2. The highest BCUT2D eigenvalue weighted by Gasteiger charge is 2.22. The molecule has 10 heteroatoms. The number of carboxylic acids is 1. The minimum absolute atomic E-state index is 0.111. The Kier molecular flexibility index (Phi) is 8.21. The summed E-state index contributed by atoms with van der Waals surface area (Å²) >= 11 is 6.20. The number of benzene rings is 2. The average molecular weight is 468 g/mol. The van der Waals surface area contributed by atoms with Gasteiger partial charge in [-0.1, -0.05) is 17.7 Å². The lowest BCUT2D eigenvalue weighted by atomic mass is 10.1. The van der Waals surface area contributed by atoms with Crippen molar-refractivity contribution in [3.8, 4) is 11.5 Å². The number of carboxylic acid groups (broad SMARTS) is 1. The molecule has 0 aliphatic heterocycles. The molecule has 2 aromatic rings. The maximum atomic E-state index is 12.5. The second-order valence-electron chi connectivity index (χ2n) is 6.34. The molecule has 2 aromatic carbocycles. The zero-order valence-electron chi connectivity index (χ0n) is 17.2. The first-order chi connectivity index (χ1) is 14.6. The molecule has 0 bridgehead atoms. The molecule has 1 N–H and O–H groups in total. The van der Waals surface area contributed by atoms with Crippen molar-refractivity contribution in [1.29, 1.82) is 0 Å². The van der Waals surface area contributed by atoms with Crippen LogP contribution in [0.1, 0.15) is 22.8 Å². The number of carbonyl (C=O) groups excluding carboxylic acids is 1. The van der Waals surface area contributed by atoms with Gasteiger partial charge in [0, 0.05) is 12.6 Å². The standard InChI is InChI=1S/C21H22ClNO7S/c1-4-30-19-12-14(11-17(22)21(19)29-3)5-10-18(24)15-6-8-16(9-7-15)31(27,28)23(2)13-20(25)26/h5-12H,4,13H2,1-3H3,(H,25,26)/b10-5+. The van der Waals surface area contributed by atoms with Gasteiger partial charge >= 0.3 is 5.97 Å². The molecule has 2 rings (SSSR count). The summed E-state index contributed by atoms with van der Waals surface area (Å²) in [5.74, 6) is -0.775. The van der Waals surface area contributed by atoms with E-state index in [1.54, 1.807) is 18.2 Å². The number of ketones is 1. The van der Waals surface area contributed by atoms with Crippen molar-refractivity contribution in [2.24, 2.45) is 0 Å². The highest BCUT2D eigenvalue weighted by Crippen LogP contribution is 2.36. The Labute approximate surface area is 185 Å². The lowest BCUT2D eigenvalue weighted by Gasteiger charge is -2.14. The van der Waals surface area contributed by atoms with Crippen LogP contribution >= 0.6 is 11.6 Å². The summed E-state index contributed by atoms with van der Waals surface area (Å²) in [6, 6.07) is 8.55. The molecular weight excluding hydrogens is 446 g/mol. The minimum Gasteiger partial charge on any atom is -0.491 e. The van der Waals surface area contributed by atoms with Crippen LogP contribution < -0.4 is 9.47 Å². The molecule has 0 aliphatic carbocycles. The van der Waals surface area contributed by atoms with E-state index in [1.807, 2.05) is 6.92 Å². The van der Waals surface area contributed by atoms with Crippen LogP contribution in [0.25, 0.3) is 6.08 Å². The monoisotopic (exact) mass is 467 g/mol. The lowest BCUT2D eigenvalue weighted by molar-refractivity contribution is -0.137. The molecule has 0 aliphatic rings. The van der Waals surface area contributed by atoms with E-state index in [4.69, 9.17) is 26.2 Å². The fourth-order valence-corrected chi connectivity index (χ4v) is 4.08. The van der Waals surface area contributed by atoms with Gasteiger partial charge in [0.15, 0.2) is 17.3 Å². The maximum absolute atomic E-state index is 12.5. The van der Waals surface area contributed by atoms with Crippen LogP contribution in [0.3, 0.4) is 0 Å². The number of allylic oxidation sites excluding steroid dienone is 1. The van der Waals surface area contributed by atoms with Crippen molar-refractivity contribution < 1.29 is 32.6 Å². The molecule has 0 heterocycles. The summed E-state index contributed by atoms with van der Waals surface area (Å²) in [5, 5.41) is 9.11. The van der Waals surface area contributed by atoms with Crippen LogP contribution in [0.5, 0.6) is 11.5 Å². The predicted molar refractivity (Wildman–Crippen MR) is 116 cm³/mol. The van der Waals surface area contributed by atoms with Gasteiger partial charge in [0.05, 0.1) is 23.6 Å². The van der Waals surface area contributed by atoms with Crippen LogP contribution in [-0.2, 0) is 14.8 Å². The van der Waals surface area contributed by atoms with E-state index in [0.29, 0.717) is 28.7 Å². The minimum atomic E-state index is -3.97. The summed E-state index contributed by atoms with van der Waals surface area (Å²) < 4.78 is 36.2. The molecule has 0 atom stereocenters. The zero-order chi connectivity index (χ0) is 23.2. The van der Waals surface area contributed by atoms with Gasteiger partial charge in [0.25, 0.3) is 0 Å². The summed E-state index contributed by atoms with van der Waals surface area (Å²) in [5.41, 5.74) is 0.887. The highest BCUT2D eigenvalue weighted by atomic mass is 35.5. The number of ether oxygens (including phenoxy) is 2. The number of hydrogen-bond acceptors (Lipinski definition) is 6. The van der Waals surface area contributed by atoms with Gasteiger partial charge in [-0.2, -0.15) is 4.31 Å². The third-order valence-electron chi connectivity index (χ3n) is 4.17. The third-order valence-corrected chi connectivity index (χ3v) is 6.27. The zero-order valence-corrected chi connectivity index (χ0v) is 18.7. The van der Waals surface area contributed by atoms with E-state index < -0.39 is 22.5 Å². The van der Waals surface area contributed by atoms with Crippen LogP contribution in [0.15, 0.2) is 47.4 Å². The van der Waals surface area contributed by atoms with Gasteiger partial charge in [0.1, 0.15) is 6.54 Å². The summed E-state index contributed by atoms with van der Waals surface area (Å²) in [7, 11) is -1.32. The topological polar surface area (TPSA) is 110 Å². The van der Waals surface area contributed by atoms with Crippen molar-refractivity contribution in [3.05, 3.63) is 58.6 Å². The Balaban J connectivity index is 2.21. The van der Waals surface area contributed by atoms with Gasteiger partial charge < -0.3 is 14.6 Å². The van der Waals surface area contributed by atoms with Crippen LogP contribution in [0.4, 0.5) is 0 Å². The third kappa shape index (κ3) is 6.06. The van der Waals surface area contributed by atoms with Crippen molar-refractivity contribution in [3.63, 3.8) is 0 Å². The maximum Gasteiger partial charge on any atom is 0.318 e. The van der Waals surface area contributed by atoms with E-state index in [1.165, 1.54) is 44.5 Å². The number of halogens is 1. The van der Waals surface area contributed by atoms with Crippen LogP contribution in [0.2, 0.25) is 5.02 Å². The molecule has 0 unspecified atom stereocenters. The first-order valence-electron chi connectivity index (χ1n) is 9.11. The second-order valence-corrected chi connectivity index (χ2v) is 8.80. The smallest absolute Gasteiger partial charge is 0.318 e. The van der Waals surface area contributed by atoms with E-state index in [9.17, 15) is 18.0 Å². The fraction of sp³-hybridized carbons (Fsp3) is 0.238. The molecule has 0 amide bonds. The van der Waals surface area contributed by atoms with E-state index >= 15 is 0 Å². The number of likely N-dealkylation sites (N-methyl/N-ethyl adjacent to an activating group) is 1. The van der Waals surface area contributed by atoms with Crippen molar-refractivity contribution in [2.75, 3.05) is 27.3 Å². The molecule has 0 aromatic heterocycles. The summed E-state index contributed by atoms with van der Waals surface area (Å²) in [6.45, 7) is 1.57. The number of aliphatic carboxylic acids is 1. The Morgan fingerprint density at radius 3 is 2.39 bits per heavy atom. The van der Waals surface area contributed by atoms with Gasteiger partial charge in [-0.15, -0.1) is 0 Å². The van der Waals surface area contributed by atoms with E-state index in [2.05, 4.69) is 0 Å². The summed E-state index contributed by atoms with van der Waals surface area (Å²) in [6.07, 6.45) is 2.88. The first kappa shape index (κ1) is 24.4. The molecule has 0 spiro atoms. The molecule has 0 saturated heterocycles. The van der Waals surface area contributed by atoms with Gasteiger partial charge in [-0.3, -0.25) is 9.59 Å². The van der Waals surface area contributed by atoms with Crippen molar-refractivity contribution >= 4 is 39.5 Å². The first-order valence-corrected chi connectivity index (χ1v) is 10.9. The van der Waals surface area contributed by atoms with Gasteiger partial charge in [-0.05, 0) is 55.0 Å². The Bertz CT molecular complexity index is 1100. The number of hydrogen-bond donors (Lipinski definition) is 1. The molecule has 8 nitrogen and oxygen atoms in total. The molecule has 0 fully saturated rings. The van der Waals surface area contributed by atoms with Gasteiger partial charge in [-0.25, -0.2) is 8.42 Å². The largest absolute Gasteiger partial charge is 0.491 e. The molecule has 166 valence electrons. The number of methoxy groups -OCH3 is 1. The SMILES string of the molecule is CCOc1cc(/C=C/C(=O)c2ccc(S(=O)(=O)N(C)CC(=O)O)cc2)cc(Cl)c1OC. The molecule has 0 radical (unpaired) electrons. The van der Waals surface area contributed by atoms with Crippen LogP contribution in [0, 0.1) is 0 Å².